The van der Waals surface area contributed by atoms with Gasteiger partial charge in [-0.1, -0.05) is 29.8 Å². The van der Waals surface area contributed by atoms with Crippen LogP contribution in [0.3, 0.4) is 0 Å². The van der Waals surface area contributed by atoms with Crippen LogP contribution in [-0.4, -0.2) is 50.4 Å². The van der Waals surface area contributed by atoms with Crippen LogP contribution in [-0.2, 0) is 14.9 Å². The molecule has 0 aromatic heterocycles. The fraction of sp³-hybridized carbons (Fsp3) is 0.600. The van der Waals surface area contributed by atoms with Crippen molar-refractivity contribution in [3.8, 4) is 0 Å². The van der Waals surface area contributed by atoms with Gasteiger partial charge in [-0.15, -0.1) is 0 Å². The lowest BCUT2D eigenvalue weighted by Crippen LogP contribution is -2.36. The minimum atomic E-state index is -0.764. The summed E-state index contributed by atoms with van der Waals surface area (Å²) >= 11 is 6.17. The van der Waals surface area contributed by atoms with Gasteiger partial charge in [0.1, 0.15) is 0 Å². The highest BCUT2D eigenvalue weighted by atomic mass is 35.5. The molecule has 1 aromatic rings. The molecule has 5 heteroatoms. The molecule has 0 bridgehead atoms. The van der Waals surface area contributed by atoms with E-state index in [0.29, 0.717) is 31.3 Å². The van der Waals surface area contributed by atoms with Crippen molar-refractivity contribution in [3.63, 3.8) is 0 Å². The molecule has 0 amide bonds. The summed E-state index contributed by atoms with van der Waals surface area (Å²) in [6.45, 7) is 1.37. The first-order valence-corrected chi connectivity index (χ1v) is 7.11. The van der Waals surface area contributed by atoms with Crippen molar-refractivity contribution in [1.29, 1.82) is 0 Å². The van der Waals surface area contributed by atoms with Gasteiger partial charge in [-0.3, -0.25) is 0 Å². The van der Waals surface area contributed by atoms with Crippen LogP contribution in [0.2, 0.25) is 5.02 Å². The van der Waals surface area contributed by atoms with Crippen molar-refractivity contribution in [2.45, 2.75) is 18.3 Å². The van der Waals surface area contributed by atoms with E-state index in [4.69, 9.17) is 21.1 Å². The maximum Gasteiger partial charge on any atom is 0.0551 e. The maximum atomic E-state index is 9.70. The van der Waals surface area contributed by atoms with Crippen molar-refractivity contribution < 1.29 is 19.7 Å². The smallest absolute Gasteiger partial charge is 0.0551 e. The number of halogens is 1. The molecule has 0 spiro atoms. The van der Waals surface area contributed by atoms with Crippen LogP contribution in [0.25, 0.3) is 0 Å². The number of ether oxygens (including phenoxy) is 2. The van der Waals surface area contributed by atoms with Crippen molar-refractivity contribution in [2.75, 3.05) is 40.1 Å². The lowest BCUT2D eigenvalue weighted by atomic mass is 9.79. The molecule has 0 aliphatic carbocycles. The second kappa shape index (κ2) is 9.32. The van der Waals surface area contributed by atoms with Crippen LogP contribution in [0, 0.1) is 0 Å². The molecule has 20 heavy (non-hydrogen) atoms. The van der Waals surface area contributed by atoms with Crippen molar-refractivity contribution in [1.82, 2.24) is 0 Å². The van der Waals surface area contributed by atoms with Gasteiger partial charge in [0, 0.05) is 37.4 Å². The third-order valence-corrected chi connectivity index (χ3v) is 3.74. The second-order valence-electron chi connectivity index (χ2n) is 4.79. The third-order valence-electron chi connectivity index (χ3n) is 3.41. The SMILES string of the molecule is COCCCOCCC(CO)(CO)c1ccccc1Cl. The van der Waals surface area contributed by atoms with E-state index in [1.807, 2.05) is 18.2 Å². The summed E-state index contributed by atoms with van der Waals surface area (Å²) in [6.07, 6.45) is 1.34. The van der Waals surface area contributed by atoms with Gasteiger partial charge in [0.2, 0.25) is 0 Å². The van der Waals surface area contributed by atoms with E-state index in [0.717, 1.165) is 12.0 Å². The predicted molar refractivity (Wildman–Crippen MR) is 79.2 cm³/mol. The van der Waals surface area contributed by atoms with Gasteiger partial charge in [0.25, 0.3) is 0 Å². The van der Waals surface area contributed by atoms with Gasteiger partial charge < -0.3 is 19.7 Å². The Kier molecular flexibility index (Phi) is 8.11. The van der Waals surface area contributed by atoms with E-state index in [1.165, 1.54) is 0 Å². The molecule has 0 atom stereocenters. The van der Waals surface area contributed by atoms with E-state index in [2.05, 4.69) is 0 Å². The molecule has 114 valence electrons. The Hall–Kier alpha value is -0.650. The number of rotatable bonds is 10. The second-order valence-corrected chi connectivity index (χ2v) is 5.19. The van der Waals surface area contributed by atoms with Gasteiger partial charge in [-0.05, 0) is 24.5 Å². The highest BCUT2D eigenvalue weighted by Crippen LogP contribution is 2.32. The molecule has 1 aromatic carbocycles. The molecule has 4 nitrogen and oxygen atoms in total. The molecule has 0 heterocycles. The van der Waals surface area contributed by atoms with Crippen molar-refractivity contribution in [2.24, 2.45) is 0 Å². The summed E-state index contributed by atoms with van der Waals surface area (Å²) in [6, 6.07) is 7.27. The van der Waals surface area contributed by atoms with Crippen LogP contribution in [0.1, 0.15) is 18.4 Å². The minimum absolute atomic E-state index is 0.172. The standard InChI is InChI=1S/C15H23ClO4/c1-19-8-4-9-20-10-7-15(11-17,12-18)13-5-2-3-6-14(13)16/h2-3,5-6,17-18H,4,7-12H2,1H3. The van der Waals surface area contributed by atoms with Crippen LogP contribution < -0.4 is 0 Å². The predicted octanol–water partition coefficient (Wildman–Crippen LogP) is 2.01. The lowest BCUT2D eigenvalue weighted by Gasteiger charge is -2.31. The summed E-state index contributed by atoms with van der Waals surface area (Å²) in [4.78, 5) is 0. The molecule has 0 aliphatic heterocycles. The Morgan fingerprint density at radius 1 is 1.10 bits per heavy atom. The number of hydrogen-bond acceptors (Lipinski definition) is 4. The molecular weight excluding hydrogens is 280 g/mol. The Bertz CT molecular complexity index is 380. The summed E-state index contributed by atoms with van der Waals surface area (Å²) < 4.78 is 10.5. The van der Waals surface area contributed by atoms with Gasteiger partial charge in [-0.25, -0.2) is 0 Å². The van der Waals surface area contributed by atoms with Crippen LogP contribution >= 0.6 is 11.6 Å². The first kappa shape index (κ1) is 17.4. The van der Waals surface area contributed by atoms with Gasteiger partial charge >= 0.3 is 0 Å². The highest BCUT2D eigenvalue weighted by Gasteiger charge is 2.32. The highest BCUT2D eigenvalue weighted by molar-refractivity contribution is 6.31. The molecule has 1 rings (SSSR count). The first-order valence-electron chi connectivity index (χ1n) is 6.73. The Morgan fingerprint density at radius 2 is 1.80 bits per heavy atom. The average molecular weight is 303 g/mol. The first-order chi connectivity index (χ1) is 9.70. The maximum absolute atomic E-state index is 9.70. The zero-order valence-electron chi connectivity index (χ0n) is 11.8. The van der Waals surface area contributed by atoms with E-state index in [1.54, 1.807) is 13.2 Å². The van der Waals surface area contributed by atoms with Gasteiger partial charge in [0.05, 0.1) is 13.2 Å². The Balaban J connectivity index is 2.61. The molecule has 0 fully saturated rings. The lowest BCUT2D eigenvalue weighted by molar-refractivity contribution is 0.0547. The molecule has 0 saturated carbocycles. The fourth-order valence-corrected chi connectivity index (χ4v) is 2.42. The van der Waals surface area contributed by atoms with Crippen molar-refractivity contribution >= 4 is 11.6 Å². The normalized spacial score (nSPS) is 11.8. The van der Waals surface area contributed by atoms with Crippen LogP contribution in [0.5, 0.6) is 0 Å². The summed E-state index contributed by atoms with van der Waals surface area (Å²) in [7, 11) is 1.65. The molecule has 0 aliphatic rings. The fourth-order valence-electron chi connectivity index (χ4n) is 2.08. The average Bonchev–Trinajstić information content (AvgIpc) is 2.48. The van der Waals surface area contributed by atoms with Gasteiger partial charge in [0.15, 0.2) is 0 Å². The monoisotopic (exact) mass is 302 g/mol. The molecule has 0 unspecified atom stereocenters. The molecule has 0 radical (unpaired) electrons. The molecular formula is C15H23ClO4. The zero-order valence-corrected chi connectivity index (χ0v) is 12.6. The summed E-state index contributed by atoms with van der Waals surface area (Å²) in [5, 5.41) is 20.0. The summed E-state index contributed by atoms with van der Waals surface area (Å²) in [5.41, 5.74) is -0.00766. The minimum Gasteiger partial charge on any atom is -0.395 e. The number of benzene rings is 1. The van der Waals surface area contributed by atoms with Crippen LogP contribution in [0.15, 0.2) is 24.3 Å². The van der Waals surface area contributed by atoms with E-state index >= 15 is 0 Å². The summed E-state index contributed by atoms with van der Waals surface area (Å²) in [5.74, 6) is 0. The van der Waals surface area contributed by atoms with E-state index in [-0.39, 0.29) is 13.2 Å². The van der Waals surface area contributed by atoms with Gasteiger partial charge in [-0.2, -0.15) is 0 Å². The number of aliphatic hydroxyl groups excluding tert-OH is 2. The Morgan fingerprint density at radius 3 is 2.40 bits per heavy atom. The number of methoxy groups -OCH3 is 1. The van der Waals surface area contributed by atoms with Crippen molar-refractivity contribution in [3.05, 3.63) is 34.9 Å². The molecule has 0 saturated heterocycles. The number of aliphatic hydroxyl groups is 2. The number of hydrogen-bond donors (Lipinski definition) is 2. The van der Waals surface area contributed by atoms with E-state index < -0.39 is 5.41 Å². The largest absolute Gasteiger partial charge is 0.395 e. The molecule has 2 N–H and O–H groups in total. The van der Waals surface area contributed by atoms with E-state index in [9.17, 15) is 10.2 Å². The quantitative estimate of drug-likeness (QED) is 0.649. The van der Waals surface area contributed by atoms with Crippen LogP contribution in [0.4, 0.5) is 0 Å². The zero-order chi connectivity index (χ0) is 14.8. The third kappa shape index (κ3) is 4.72. The topological polar surface area (TPSA) is 58.9 Å². The Labute approximate surface area is 125 Å².